The van der Waals surface area contributed by atoms with E-state index in [9.17, 15) is 19.5 Å². The number of benzene rings is 2. The molecule has 0 unspecified atom stereocenters. The molecule has 0 aliphatic rings. The van der Waals surface area contributed by atoms with Crippen molar-refractivity contribution in [3.05, 3.63) is 70.1 Å². The molecule has 32 heavy (non-hydrogen) atoms. The Bertz CT molecular complexity index is 1150. The van der Waals surface area contributed by atoms with Crippen LogP contribution in [0.15, 0.2) is 53.3 Å². The van der Waals surface area contributed by atoms with Gasteiger partial charge in [0.1, 0.15) is 11.8 Å². The summed E-state index contributed by atoms with van der Waals surface area (Å²) in [5.74, 6) is -1.07. The van der Waals surface area contributed by atoms with Crippen molar-refractivity contribution < 1.29 is 19.4 Å². The molecule has 0 fully saturated rings. The quantitative estimate of drug-likeness (QED) is 0.393. The largest absolute Gasteiger partial charge is 0.508 e. The number of rotatable bonds is 9. The van der Waals surface area contributed by atoms with Gasteiger partial charge in [-0.1, -0.05) is 50.1 Å². The molecule has 1 aromatic heterocycles. The smallest absolute Gasteiger partial charge is 0.328 e. The Morgan fingerprint density at radius 2 is 1.78 bits per heavy atom. The first-order valence-corrected chi connectivity index (χ1v) is 10.6. The summed E-state index contributed by atoms with van der Waals surface area (Å²) in [4.78, 5) is 38.4. The lowest BCUT2D eigenvalue weighted by molar-refractivity contribution is -0.142. The van der Waals surface area contributed by atoms with E-state index in [1.807, 2.05) is 0 Å². The molecule has 0 aliphatic heterocycles. The van der Waals surface area contributed by atoms with E-state index in [1.165, 1.54) is 23.9 Å². The third kappa shape index (κ3) is 5.32. The van der Waals surface area contributed by atoms with Crippen molar-refractivity contribution in [1.82, 2.24) is 15.1 Å². The Morgan fingerprint density at radius 1 is 1.09 bits per heavy atom. The van der Waals surface area contributed by atoms with Crippen LogP contribution >= 0.6 is 0 Å². The van der Waals surface area contributed by atoms with Crippen LogP contribution in [0.25, 0.3) is 10.8 Å². The minimum atomic E-state index is -0.960. The number of nitrogens with one attached hydrogen (secondary N) is 1. The fourth-order valence-corrected chi connectivity index (χ4v) is 3.50. The number of aryl methyl sites for hydroxylation is 1. The van der Waals surface area contributed by atoms with Gasteiger partial charge in [-0.15, -0.1) is 0 Å². The normalized spacial score (nSPS) is 11.8. The van der Waals surface area contributed by atoms with Crippen molar-refractivity contribution in [2.24, 2.45) is 0 Å². The van der Waals surface area contributed by atoms with Crippen LogP contribution in [0.2, 0.25) is 0 Å². The summed E-state index contributed by atoms with van der Waals surface area (Å²) < 4.78 is 6.18. The van der Waals surface area contributed by atoms with E-state index in [1.54, 1.807) is 36.4 Å². The van der Waals surface area contributed by atoms with E-state index in [2.05, 4.69) is 17.3 Å². The number of fused-ring (bicyclic) bond motifs is 1. The van der Waals surface area contributed by atoms with Gasteiger partial charge in [0.05, 0.1) is 12.5 Å². The zero-order chi connectivity index (χ0) is 23.1. The van der Waals surface area contributed by atoms with Gasteiger partial charge in [0.25, 0.3) is 11.5 Å². The maximum absolute atomic E-state index is 13.2. The number of amides is 1. The van der Waals surface area contributed by atoms with Crippen LogP contribution in [0.5, 0.6) is 5.75 Å². The maximum atomic E-state index is 13.2. The van der Waals surface area contributed by atoms with Crippen molar-refractivity contribution in [2.45, 2.75) is 45.2 Å². The molecule has 0 bridgehead atoms. The zero-order valence-corrected chi connectivity index (χ0v) is 18.2. The van der Waals surface area contributed by atoms with Crippen molar-refractivity contribution >= 4 is 22.6 Å². The number of phenols is 1. The predicted octanol–water partition coefficient (Wildman–Crippen LogP) is 2.81. The Hall–Kier alpha value is -3.68. The molecule has 1 atom stereocenters. The molecule has 0 saturated carbocycles. The third-order valence-corrected chi connectivity index (χ3v) is 5.22. The van der Waals surface area contributed by atoms with Gasteiger partial charge in [0.15, 0.2) is 5.69 Å². The molecule has 0 saturated heterocycles. The lowest BCUT2D eigenvalue weighted by Crippen LogP contribution is -2.44. The molecule has 2 N–H and O–H groups in total. The van der Waals surface area contributed by atoms with Crippen LogP contribution in [0.4, 0.5) is 0 Å². The number of unbranched alkanes of at least 4 members (excludes halogenated alkanes) is 2. The molecule has 1 amide bonds. The Morgan fingerprint density at radius 3 is 2.44 bits per heavy atom. The fourth-order valence-electron chi connectivity index (χ4n) is 3.50. The number of methoxy groups -OCH3 is 1. The molecule has 0 aliphatic carbocycles. The highest BCUT2D eigenvalue weighted by molar-refractivity contribution is 6.05. The average molecular weight is 437 g/mol. The molecule has 8 heteroatoms. The summed E-state index contributed by atoms with van der Waals surface area (Å²) in [6.45, 7) is 2.47. The standard InChI is InChI=1S/C24H27N3O5/c1-3-4-7-14-27-23(30)19-9-6-5-8-18(19)21(26-27)22(29)25-20(24(31)32-2)15-16-10-12-17(28)13-11-16/h5-6,8-13,20,28H,3-4,7,14-15H2,1-2H3,(H,25,29)/t20-/m1/s1. The molecular formula is C24H27N3O5. The van der Waals surface area contributed by atoms with E-state index in [4.69, 9.17) is 4.74 Å². The number of carbonyl (C=O) groups is 2. The van der Waals surface area contributed by atoms with Crippen LogP contribution in [0.1, 0.15) is 42.2 Å². The van der Waals surface area contributed by atoms with Crippen molar-refractivity contribution in [3.63, 3.8) is 0 Å². The van der Waals surface area contributed by atoms with Gasteiger partial charge in [-0.2, -0.15) is 5.10 Å². The molecular weight excluding hydrogens is 410 g/mol. The van der Waals surface area contributed by atoms with Crippen LogP contribution < -0.4 is 10.9 Å². The first-order chi connectivity index (χ1) is 15.4. The van der Waals surface area contributed by atoms with Crippen LogP contribution in [0, 0.1) is 0 Å². The first kappa shape index (κ1) is 23.0. The average Bonchev–Trinajstić information content (AvgIpc) is 2.81. The molecule has 8 nitrogen and oxygen atoms in total. The highest BCUT2D eigenvalue weighted by Crippen LogP contribution is 2.15. The molecule has 2 aromatic carbocycles. The van der Waals surface area contributed by atoms with Gasteiger partial charge < -0.3 is 15.2 Å². The highest BCUT2D eigenvalue weighted by atomic mass is 16.5. The zero-order valence-electron chi connectivity index (χ0n) is 18.2. The molecule has 1 heterocycles. The fraction of sp³-hybridized carbons (Fsp3) is 0.333. The van der Waals surface area contributed by atoms with Crippen LogP contribution in [0.3, 0.4) is 0 Å². The summed E-state index contributed by atoms with van der Waals surface area (Å²) >= 11 is 0. The van der Waals surface area contributed by atoms with E-state index < -0.39 is 17.9 Å². The molecule has 0 radical (unpaired) electrons. The second kappa shape index (κ2) is 10.6. The van der Waals surface area contributed by atoms with Gasteiger partial charge in [-0.3, -0.25) is 9.59 Å². The van der Waals surface area contributed by atoms with E-state index in [0.29, 0.717) is 17.3 Å². The Kier molecular flexibility index (Phi) is 7.59. The lowest BCUT2D eigenvalue weighted by Gasteiger charge is -2.17. The SMILES string of the molecule is CCCCCn1nc(C(=O)N[C@H](Cc2ccc(O)cc2)C(=O)OC)c2ccccc2c1=O. The highest BCUT2D eigenvalue weighted by Gasteiger charge is 2.25. The summed E-state index contributed by atoms with van der Waals surface area (Å²) in [7, 11) is 1.25. The van der Waals surface area contributed by atoms with Gasteiger partial charge in [-0.05, 0) is 30.2 Å². The van der Waals surface area contributed by atoms with E-state index in [0.717, 1.165) is 24.8 Å². The topological polar surface area (TPSA) is 111 Å². The first-order valence-electron chi connectivity index (χ1n) is 10.6. The van der Waals surface area contributed by atoms with Crippen molar-refractivity contribution in [3.8, 4) is 5.75 Å². The summed E-state index contributed by atoms with van der Waals surface area (Å²) in [5, 5.41) is 17.3. The predicted molar refractivity (Wildman–Crippen MR) is 121 cm³/mol. The van der Waals surface area contributed by atoms with E-state index >= 15 is 0 Å². The Balaban J connectivity index is 1.93. The number of carbonyl (C=O) groups excluding carboxylic acids is 2. The van der Waals surface area contributed by atoms with Crippen LogP contribution in [-0.2, 0) is 22.5 Å². The van der Waals surface area contributed by atoms with Crippen LogP contribution in [-0.4, -0.2) is 39.9 Å². The second-order valence-corrected chi connectivity index (χ2v) is 7.55. The number of ether oxygens (including phenoxy) is 1. The van der Waals surface area contributed by atoms with Gasteiger partial charge >= 0.3 is 5.97 Å². The molecule has 3 rings (SSSR count). The molecule has 0 spiro atoms. The number of esters is 1. The number of nitrogens with zero attached hydrogens (tertiary/aromatic N) is 2. The van der Waals surface area contributed by atoms with Gasteiger partial charge in [0.2, 0.25) is 0 Å². The number of aromatic hydroxyl groups is 1. The monoisotopic (exact) mass is 437 g/mol. The third-order valence-electron chi connectivity index (χ3n) is 5.22. The molecule has 168 valence electrons. The summed E-state index contributed by atoms with van der Waals surface area (Å²) in [6.07, 6.45) is 2.88. The Labute approximate surface area is 185 Å². The van der Waals surface area contributed by atoms with Crippen molar-refractivity contribution in [1.29, 1.82) is 0 Å². The second-order valence-electron chi connectivity index (χ2n) is 7.55. The number of hydrogen-bond acceptors (Lipinski definition) is 6. The summed E-state index contributed by atoms with van der Waals surface area (Å²) in [6, 6.07) is 12.2. The lowest BCUT2D eigenvalue weighted by atomic mass is 10.0. The van der Waals surface area contributed by atoms with Gasteiger partial charge in [0, 0.05) is 18.4 Å². The van der Waals surface area contributed by atoms with E-state index in [-0.39, 0.29) is 23.4 Å². The molecule has 3 aromatic rings. The summed E-state index contributed by atoms with van der Waals surface area (Å²) in [5.41, 5.74) is 0.569. The number of hydrogen-bond donors (Lipinski definition) is 2. The minimum absolute atomic E-state index is 0.0799. The van der Waals surface area contributed by atoms with Gasteiger partial charge in [-0.25, -0.2) is 9.48 Å². The maximum Gasteiger partial charge on any atom is 0.328 e. The minimum Gasteiger partial charge on any atom is -0.508 e. The number of phenolic OH excluding ortho intramolecular Hbond substituents is 1. The number of aromatic nitrogens is 2. The van der Waals surface area contributed by atoms with Crippen molar-refractivity contribution in [2.75, 3.05) is 7.11 Å².